The number of nitrogens with one attached hydrogen (secondary N) is 1. The lowest BCUT2D eigenvalue weighted by Crippen LogP contribution is -2.43. The third kappa shape index (κ3) is 4.54. The van der Waals surface area contributed by atoms with Gasteiger partial charge in [0.1, 0.15) is 0 Å². The first kappa shape index (κ1) is 17.8. The molecule has 0 heterocycles. The topological polar surface area (TPSA) is 46.2 Å². The smallest absolute Gasteiger partial charge is 0.207 e. The average Bonchev–Trinajstić information content (AvgIpc) is 2.58. The Hall–Kier alpha value is -1.01. The molecule has 0 saturated heterocycles. The summed E-state index contributed by atoms with van der Waals surface area (Å²) in [5.41, 5.74) is 0. The minimum Gasteiger partial charge on any atom is -0.207 e. The third-order valence-electron chi connectivity index (χ3n) is 4.16. The molecule has 1 N–H and O–H groups in total. The Kier molecular flexibility index (Phi) is 5.87. The first-order valence-electron chi connectivity index (χ1n) is 8.04. The van der Waals surface area contributed by atoms with E-state index in [4.69, 9.17) is 11.6 Å². The van der Waals surface area contributed by atoms with Crippen LogP contribution in [0.5, 0.6) is 0 Å². The van der Waals surface area contributed by atoms with Gasteiger partial charge >= 0.3 is 0 Å². The molecule has 3 nitrogen and oxygen atoms in total. The van der Waals surface area contributed by atoms with E-state index in [9.17, 15) is 8.42 Å². The maximum absolute atomic E-state index is 12.6. The highest BCUT2D eigenvalue weighted by Gasteiger charge is 2.30. The van der Waals surface area contributed by atoms with Crippen molar-refractivity contribution in [1.29, 1.82) is 0 Å². The van der Waals surface area contributed by atoms with E-state index < -0.39 is 10.0 Å². The molecule has 0 amide bonds. The van der Waals surface area contributed by atoms with E-state index in [0.717, 1.165) is 25.7 Å². The number of thioether (sulfide) groups is 1. The van der Waals surface area contributed by atoms with Crippen LogP contribution in [0.1, 0.15) is 25.7 Å². The highest BCUT2D eigenvalue weighted by atomic mass is 35.5. The zero-order valence-electron chi connectivity index (χ0n) is 13.2. The minimum atomic E-state index is -3.52. The molecular weight excluding hydrogens is 362 g/mol. The molecule has 1 aliphatic carbocycles. The van der Waals surface area contributed by atoms with Gasteiger partial charge in [-0.25, -0.2) is 13.1 Å². The molecule has 3 rings (SSSR count). The Balaban J connectivity index is 1.74. The van der Waals surface area contributed by atoms with Gasteiger partial charge in [-0.15, -0.1) is 11.8 Å². The van der Waals surface area contributed by atoms with Gasteiger partial charge in [0, 0.05) is 21.2 Å². The van der Waals surface area contributed by atoms with Gasteiger partial charge in [-0.05, 0) is 49.2 Å². The van der Waals surface area contributed by atoms with Gasteiger partial charge in [0.15, 0.2) is 0 Å². The highest BCUT2D eigenvalue weighted by molar-refractivity contribution is 8.00. The van der Waals surface area contributed by atoms with Crippen molar-refractivity contribution in [3.63, 3.8) is 0 Å². The van der Waals surface area contributed by atoms with E-state index >= 15 is 0 Å². The maximum Gasteiger partial charge on any atom is 0.240 e. The van der Waals surface area contributed by atoms with E-state index in [0.29, 0.717) is 5.02 Å². The SMILES string of the molecule is O=S(=O)(N[C@H]1CCCC[C@H]1Sc1ccccc1)c1ccc(Cl)cc1. The summed E-state index contributed by atoms with van der Waals surface area (Å²) in [5.74, 6) is 0. The fourth-order valence-electron chi connectivity index (χ4n) is 2.93. The molecule has 0 aliphatic heterocycles. The number of halogens is 1. The summed E-state index contributed by atoms with van der Waals surface area (Å²) in [6.45, 7) is 0. The molecule has 0 unspecified atom stereocenters. The summed E-state index contributed by atoms with van der Waals surface area (Å²) >= 11 is 7.61. The average molecular weight is 382 g/mol. The summed E-state index contributed by atoms with van der Waals surface area (Å²) in [6, 6.07) is 16.4. The normalized spacial score (nSPS) is 21.5. The van der Waals surface area contributed by atoms with Crippen LogP contribution in [-0.2, 0) is 10.0 Å². The van der Waals surface area contributed by atoms with E-state index in [2.05, 4.69) is 16.9 Å². The third-order valence-corrected chi connectivity index (χ3v) is 7.33. The molecule has 0 radical (unpaired) electrons. The van der Waals surface area contributed by atoms with Gasteiger partial charge in [0.2, 0.25) is 10.0 Å². The van der Waals surface area contributed by atoms with Gasteiger partial charge < -0.3 is 0 Å². The Bertz CT molecular complexity index is 763. The number of benzene rings is 2. The molecule has 1 fully saturated rings. The van der Waals surface area contributed by atoms with Crippen molar-refractivity contribution in [3.8, 4) is 0 Å². The van der Waals surface area contributed by atoms with Gasteiger partial charge in [-0.3, -0.25) is 0 Å². The molecular formula is C18H20ClNO2S2. The van der Waals surface area contributed by atoms with Crippen LogP contribution in [0.2, 0.25) is 5.02 Å². The fourth-order valence-corrected chi connectivity index (χ4v) is 5.77. The quantitative estimate of drug-likeness (QED) is 0.814. The van der Waals surface area contributed by atoms with Crippen molar-refractivity contribution in [2.45, 2.75) is 46.8 Å². The van der Waals surface area contributed by atoms with E-state index in [1.54, 1.807) is 36.0 Å². The number of sulfonamides is 1. The predicted molar refractivity (Wildman–Crippen MR) is 100 cm³/mol. The molecule has 6 heteroatoms. The Morgan fingerprint density at radius 2 is 1.62 bits per heavy atom. The van der Waals surface area contributed by atoms with Crippen LogP contribution >= 0.6 is 23.4 Å². The largest absolute Gasteiger partial charge is 0.240 e. The zero-order chi connectivity index (χ0) is 17.0. The fraction of sp³-hybridized carbons (Fsp3) is 0.333. The molecule has 0 spiro atoms. The first-order chi connectivity index (χ1) is 11.5. The van der Waals surface area contributed by atoms with Gasteiger partial charge in [0.25, 0.3) is 0 Å². The summed E-state index contributed by atoms with van der Waals surface area (Å²) in [4.78, 5) is 1.45. The van der Waals surface area contributed by atoms with Crippen LogP contribution in [0.4, 0.5) is 0 Å². The van der Waals surface area contributed by atoms with Crippen LogP contribution in [-0.4, -0.2) is 19.7 Å². The summed E-state index contributed by atoms with van der Waals surface area (Å²) in [7, 11) is -3.52. The summed E-state index contributed by atoms with van der Waals surface area (Å²) in [5, 5.41) is 0.785. The lowest BCUT2D eigenvalue weighted by molar-refractivity contribution is 0.423. The Morgan fingerprint density at radius 1 is 0.958 bits per heavy atom. The number of rotatable bonds is 5. The van der Waals surface area contributed by atoms with Crippen LogP contribution in [0.25, 0.3) is 0 Å². The molecule has 2 atom stereocenters. The van der Waals surface area contributed by atoms with Gasteiger partial charge in [-0.2, -0.15) is 0 Å². The lowest BCUT2D eigenvalue weighted by Gasteiger charge is -2.31. The van der Waals surface area contributed by atoms with Crippen molar-refractivity contribution >= 4 is 33.4 Å². The van der Waals surface area contributed by atoms with Crippen LogP contribution in [0.15, 0.2) is 64.4 Å². The lowest BCUT2D eigenvalue weighted by atomic mass is 9.96. The van der Waals surface area contributed by atoms with Crippen molar-refractivity contribution < 1.29 is 8.42 Å². The second-order valence-corrected chi connectivity index (χ2v) is 9.40. The van der Waals surface area contributed by atoms with Crippen molar-refractivity contribution in [2.75, 3.05) is 0 Å². The second kappa shape index (κ2) is 7.91. The van der Waals surface area contributed by atoms with Crippen LogP contribution < -0.4 is 4.72 Å². The number of hydrogen-bond donors (Lipinski definition) is 1. The Morgan fingerprint density at radius 3 is 2.33 bits per heavy atom. The summed E-state index contributed by atoms with van der Waals surface area (Å²) in [6.07, 6.45) is 4.09. The van der Waals surface area contributed by atoms with E-state index in [1.165, 1.54) is 4.90 Å². The highest BCUT2D eigenvalue weighted by Crippen LogP contribution is 2.34. The minimum absolute atomic E-state index is 0.0513. The molecule has 2 aromatic carbocycles. The van der Waals surface area contributed by atoms with Crippen molar-refractivity contribution in [2.24, 2.45) is 0 Å². The molecule has 128 valence electrons. The summed E-state index contributed by atoms with van der Waals surface area (Å²) < 4.78 is 28.2. The monoisotopic (exact) mass is 381 g/mol. The molecule has 1 aliphatic rings. The first-order valence-corrected chi connectivity index (χ1v) is 10.8. The molecule has 24 heavy (non-hydrogen) atoms. The zero-order valence-corrected chi connectivity index (χ0v) is 15.6. The molecule has 2 aromatic rings. The molecule has 0 aromatic heterocycles. The van der Waals surface area contributed by atoms with Crippen LogP contribution in [0, 0.1) is 0 Å². The predicted octanol–water partition coefficient (Wildman–Crippen LogP) is 4.72. The Labute approximate surface area is 152 Å². The standard InChI is InChI=1S/C18H20ClNO2S2/c19-14-10-12-16(13-11-14)24(21,22)20-17-8-4-5-9-18(17)23-15-6-2-1-3-7-15/h1-3,6-7,10-13,17-18,20H,4-5,8-9H2/t17-,18+/m0/s1. The van der Waals surface area contributed by atoms with Crippen molar-refractivity contribution in [1.82, 2.24) is 4.72 Å². The molecule has 0 bridgehead atoms. The van der Waals surface area contributed by atoms with Crippen LogP contribution in [0.3, 0.4) is 0 Å². The van der Waals surface area contributed by atoms with E-state index in [-0.39, 0.29) is 16.2 Å². The number of hydrogen-bond acceptors (Lipinski definition) is 3. The second-order valence-electron chi connectivity index (χ2n) is 5.94. The maximum atomic E-state index is 12.6. The molecule has 1 saturated carbocycles. The van der Waals surface area contributed by atoms with Gasteiger partial charge in [0.05, 0.1) is 4.90 Å². The van der Waals surface area contributed by atoms with Gasteiger partial charge in [-0.1, -0.05) is 42.6 Å². The van der Waals surface area contributed by atoms with E-state index in [1.807, 2.05) is 18.2 Å². The van der Waals surface area contributed by atoms with Crippen molar-refractivity contribution in [3.05, 3.63) is 59.6 Å².